The summed E-state index contributed by atoms with van der Waals surface area (Å²) in [6.07, 6.45) is 29.8. The second-order valence-electron chi connectivity index (χ2n) is 10.9. The van der Waals surface area contributed by atoms with Crippen molar-refractivity contribution < 1.29 is 37.9 Å². The largest absolute Gasteiger partial charge is 0.469 e. The topological polar surface area (TPSA) is 119 Å². The molecule has 0 spiro atoms. The van der Waals surface area contributed by atoms with Crippen LogP contribution in [0.3, 0.4) is 0 Å². The van der Waals surface area contributed by atoms with Crippen LogP contribution in [0.2, 0.25) is 0 Å². The maximum Gasteiger partial charge on any atom is 0.469 e. The van der Waals surface area contributed by atoms with Crippen LogP contribution < -0.4 is 0 Å². The van der Waals surface area contributed by atoms with Crippen molar-refractivity contribution in [2.45, 2.75) is 155 Å². The molecule has 0 rings (SSSR count). The van der Waals surface area contributed by atoms with Gasteiger partial charge in [0.2, 0.25) is 0 Å². The Hall–Kier alpha value is -1.47. The fraction of sp³-hybridized carbons (Fsp3) is 0.812. The van der Waals surface area contributed by atoms with Crippen molar-refractivity contribution in [1.29, 1.82) is 0 Å². The van der Waals surface area contributed by atoms with Gasteiger partial charge in [0.05, 0.1) is 6.61 Å². The minimum absolute atomic E-state index is 0.249. The van der Waals surface area contributed by atoms with Gasteiger partial charge in [-0.1, -0.05) is 141 Å². The van der Waals surface area contributed by atoms with Gasteiger partial charge in [-0.15, -0.1) is 0 Å². The minimum Gasteiger partial charge on any atom is -0.462 e. The Bertz CT molecular complexity index is 731. The average molecular weight is 603 g/mol. The predicted molar refractivity (Wildman–Crippen MR) is 165 cm³/mol. The number of carbonyl (C=O) groups is 2. The molecule has 41 heavy (non-hydrogen) atoms. The molecule has 0 aromatic rings. The van der Waals surface area contributed by atoms with Gasteiger partial charge in [-0.2, -0.15) is 0 Å². The Morgan fingerprint density at radius 2 is 1.17 bits per heavy atom. The van der Waals surface area contributed by atoms with E-state index in [2.05, 4.69) is 18.4 Å². The number of allylic oxidation sites excluding steroid dienone is 3. The van der Waals surface area contributed by atoms with Crippen LogP contribution in [0.15, 0.2) is 24.3 Å². The summed E-state index contributed by atoms with van der Waals surface area (Å²) < 4.78 is 25.9. The van der Waals surface area contributed by atoms with Crippen LogP contribution in [-0.2, 0) is 28.2 Å². The van der Waals surface area contributed by atoms with E-state index in [0.29, 0.717) is 6.42 Å². The zero-order valence-electron chi connectivity index (χ0n) is 25.9. The van der Waals surface area contributed by atoms with Crippen LogP contribution in [-0.4, -0.2) is 41.0 Å². The molecule has 0 radical (unpaired) electrons. The molecule has 0 heterocycles. The second-order valence-corrected chi connectivity index (χ2v) is 12.1. The van der Waals surface area contributed by atoms with Gasteiger partial charge in [0, 0.05) is 12.5 Å². The van der Waals surface area contributed by atoms with E-state index in [-0.39, 0.29) is 13.0 Å². The maximum atomic E-state index is 12.2. The lowest BCUT2D eigenvalue weighted by Crippen LogP contribution is -2.29. The van der Waals surface area contributed by atoms with Crippen molar-refractivity contribution in [3.8, 4) is 0 Å². The Morgan fingerprint density at radius 3 is 1.68 bits per heavy atom. The summed E-state index contributed by atoms with van der Waals surface area (Å²) in [4.78, 5) is 42.2. The SMILES string of the molecule is CCCCCCCCCCCCC/C=C/C=C/C(=O)O[C@H](COC(=O)CCCCCCCCCC)COP(=O)(O)O. The van der Waals surface area contributed by atoms with Crippen LogP contribution in [0.25, 0.3) is 0 Å². The highest BCUT2D eigenvalue weighted by Crippen LogP contribution is 2.35. The molecule has 0 aromatic heterocycles. The molecule has 0 aliphatic carbocycles. The van der Waals surface area contributed by atoms with Gasteiger partial charge in [0.15, 0.2) is 6.10 Å². The number of phosphoric acid groups is 1. The quantitative estimate of drug-likeness (QED) is 0.0286. The number of unbranched alkanes of at least 4 members (excludes halogenated alkanes) is 18. The third-order valence-corrected chi connectivity index (χ3v) is 7.32. The van der Waals surface area contributed by atoms with Gasteiger partial charge in [-0.3, -0.25) is 9.32 Å². The summed E-state index contributed by atoms with van der Waals surface area (Å²) >= 11 is 0. The van der Waals surface area contributed by atoms with Crippen LogP contribution in [0.4, 0.5) is 0 Å². The van der Waals surface area contributed by atoms with Crippen LogP contribution in [0.1, 0.15) is 149 Å². The summed E-state index contributed by atoms with van der Waals surface area (Å²) in [7, 11) is -4.76. The third-order valence-electron chi connectivity index (χ3n) is 6.83. The average Bonchev–Trinajstić information content (AvgIpc) is 2.93. The van der Waals surface area contributed by atoms with E-state index >= 15 is 0 Å². The van der Waals surface area contributed by atoms with Gasteiger partial charge in [-0.05, 0) is 19.3 Å². The van der Waals surface area contributed by atoms with Gasteiger partial charge in [0.25, 0.3) is 0 Å². The van der Waals surface area contributed by atoms with Gasteiger partial charge < -0.3 is 19.3 Å². The van der Waals surface area contributed by atoms with Crippen molar-refractivity contribution >= 4 is 19.8 Å². The Kier molecular flexibility index (Phi) is 27.6. The number of rotatable bonds is 29. The summed E-state index contributed by atoms with van der Waals surface area (Å²) in [5.74, 6) is -1.14. The summed E-state index contributed by atoms with van der Waals surface area (Å²) in [5.41, 5.74) is 0. The lowest BCUT2D eigenvalue weighted by molar-refractivity contribution is -0.157. The number of carbonyl (C=O) groups excluding carboxylic acids is 2. The monoisotopic (exact) mass is 602 g/mol. The normalized spacial score (nSPS) is 12.8. The molecule has 8 nitrogen and oxygen atoms in total. The Balaban J connectivity index is 4.14. The van der Waals surface area contributed by atoms with E-state index in [9.17, 15) is 14.2 Å². The first kappa shape index (κ1) is 39.5. The van der Waals surface area contributed by atoms with Gasteiger partial charge in [0.1, 0.15) is 6.61 Å². The fourth-order valence-corrected chi connectivity index (χ4v) is 4.76. The first-order valence-corrected chi connectivity index (χ1v) is 17.7. The van der Waals surface area contributed by atoms with E-state index < -0.39 is 32.5 Å². The Labute approximate surface area is 249 Å². The number of hydrogen-bond acceptors (Lipinski definition) is 6. The van der Waals surface area contributed by atoms with Crippen molar-refractivity contribution in [3.05, 3.63) is 24.3 Å². The minimum atomic E-state index is -4.76. The van der Waals surface area contributed by atoms with Crippen molar-refractivity contribution in [2.24, 2.45) is 0 Å². The second kappa shape index (κ2) is 28.6. The third kappa shape index (κ3) is 31.3. The standard InChI is InChI=1S/C32H59O8P/c1-3-5-7-9-11-13-14-15-16-17-18-19-21-23-25-27-32(34)40-30(29-39-41(35,36)37)28-38-31(33)26-24-22-20-12-10-8-6-4-2/h21,23,25,27,30H,3-20,22,24,26,28-29H2,1-2H3,(H2,35,36,37)/b23-21+,27-25+/t30-/m1/s1. The predicted octanol–water partition coefficient (Wildman–Crippen LogP) is 8.90. The summed E-state index contributed by atoms with van der Waals surface area (Å²) in [5, 5.41) is 0. The number of hydrogen-bond donors (Lipinski definition) is 2. The highest BCUT2D eigenvalue weighted by atomic mass is 31.2. The van der Waals surface area contributed by atoms with E-state index in [4.69, 9.17) is 19.3 Å². The van der Waals surface area contributed by atoms with E-state index in [1.807, 2.05) is 6.08 Å². The molecule has 0 aliphatic rings. The molecule has 0 aliphatic heterocycles. The first-order chi connectivity index (χ1) is 19.8. The molecular weight excluding hydrogens is 543 g/mol. The lowest BCUT2D eigenvalue weighted by atomic mass is 10.1. The molecule has 0 bridgehead atoms. The zero-order chi connectivity index (χ0) is 30.4. The molecule has 0 saturated heterocycles. The van der Waals surface area contributed by atoms with Crippen molar-refractivity contribution in [1.82, 2.24) is 0 Å². The zero-order valence-corrected chi connectivity index (χ0v) is 26.8. The molecule has 0 fully saturated rings. The molecular formula is C32H59O8P. The molecule has 0 aromatic carbocycles. The highest BCUT2D eigenvalue weighted by molar-refractivity contribution is 7.46. The van der Waals surface area contributed by atoms with E-state index in [1.54, 1.807) is 12.2 Å². The van der Waals surface area contributed by atoms with Crippen LogP contribution in [0, 0.1) is 0 Å². The summed E-state index contributed by atoms with van der Waals surface area (Å²) in [6.45, 7) is 3.52. The molecule has 1 atom stereocenters. The molecule has 9 heteroatoms. The fourth-order valence-electron chi connectivity index (χ4n) is 4.40. The van der Waals surface area contributed by atoms with Gasteiger partial charge >= 0.3 is 19.8 Å². The van der Waals surface area contributed by atoms with E-state index in [1.165, 1.54) is 96.0 Å². The number of esters is 2. The molecule has 240 valence electrons. The molecule has 0 unspecified atom stereocenters. The van der Waals surface area contributed by atoms with Crippen LogP contribution >= 0.6 is 7.82 Å². The van der Waals surface area contributed by atoms with Gasteiger partial charge in [-0.25, -0.2) is 9.36 Å². The van der Waals surface area contributed by atoms with Crippen molar-refractivity contribution in [2.75, 3.05) is 13.2 Å². The van der Waals surface area contributed by atoms with E-state index in [0.717, 1.165) is 32.1 Å². The molecule has 0 saturated carbocycles. The number of phosphoric ester groups is 1. The first-order valence-electron chi connectivity index (χ1n) is 16.2. The van der Waals surface area contributed by atoms with Crippen LogP contribution in [0.5, 0.6) is 0 Å². The Morgan fingerprint density at radius 1 is 0.683 bits per heavy atom. The maximum absolute atomic E-state index is 12.2. The highest BCUT2D eigenvalue weighted by Gasteiger charge is 2.22. The smallest absolute Gasteiger partial charge is 0.462 e. The number of ether oxygens (including phenoxy) is 2. The lowest BCUT2D eigenvalue weighted by Gasteiger charge is -2.17. The molecule has 2 N–H and O–H groups in total. The van der Waals surface area contributed by atoms with Crippen molar-refractivity contribution in [3.63, 3.8) is 0 Å². The summed E-state index contributed by atoms with van der Waals surface area (Å²) in [6, 6.07) is 0. The molecule has 0 amide bonds.